The summed E-state index contributed by atoms with van der Waals surface area (Å²) in [6.07, 6.45) is 3.81. The van der Waals surface area contributed by atoms with Crippen molar-refractivity contribution < 1.29 is 0 Å². The molecule has 0 bridgehead atoms. The first kappa shape index (κ1) is 13.8. The number of nitriles is 1. The van der Waals surface area contributed by atoms with Gasteiger partial charge >= 0.3 is 0 Å². The summed E-state index contributed by atoms with van der Waals surface area (Å²) in [7, 11) is 2.12. The Hall–Kier alpha value is -1.18. The van der Waals surface area contributed by atoms with Crippen molar-refractivity contribution in [2.24, 2.45) is 0 Å². The van der Waals surface area contributed by atoms with Crippen LogP contribution in [0.5, 0.6) is 0 Å². The van der Waals surface area contributed by atoms with Crippen molar-refractivity contribution in [1.29, 1.82) is 5.26 Å². The van der Waals surface area contributed by atoms with Gasteiger partial charge in [-0.3, -0.25) is 0 Å². The molecule has 1 aliphatic carbocycles. The van der Waals surface area contributed by atoms with Crippen LogP contribution in [0.4, 0.5) is 5.69 Å². The van der Waals surface area contributed by atoms with E-state index >= 15 is 0 Å². The number of rotatable bonds is 5. The van der Waals surface area contributed by atoms with Gasteiger partial charge in [-0.15, -0.1) is 0 Å². The largest absolute Gasteiger partial charge is 0.370 e. The number of anilines is 1. The Labute approximate surface area is 125 Å². The molecule has 0 spiro atoms. The van der Waals surface area contributed by atoms with E-state index in [-0.39, 0.29) is 0 Å². The minimum atomic E-state index is 0.572. The maximum atomic E-state index is 9.42. The molecule has 0 radical (unpaired) electrons. The van der Waals surface area contributed by atoms with E-state index in [1.807, 2.05) is 17.8 Å². The smallest absolute Gasteiger partial charge is 0.101 e. The van der Waals surface area contributed by atoms with E-state index in [2.05, 4.69) is 35.5 Å². The Bertz CT molecular complexity index is 513. The quantitative estimate of drug-likeness (QED) is 0.904. The van der Waals surface area contributed by atoms with Crippen LogP contribution in [0.1, 0.15) is 30.4 Å². The summed E-state index contributed by atoms with van der Waals surface area (Å²) < 4.78 is 0. The van der Waals surface area contributed by atoms with E-state index < -0.39 is 0 Å². The highest BCUT2D eigenvalue weighted by Crippen LogP contribution is 2.29. The molecule has 0 aromatic heterocycles. The molecule has 2 aliphatic rings. The van der Waals surface area contributed by atoms with Crippen molar-refractivity contribution in [2.45, 2.75) is 37.9 Å². The van der Waals surface area contributed by atoms with Crippen LogP contribution in [0, 0.1) is 11.3 Å². The fraction of sp³-hybridized carbons (Fsp3) is 0.562. The standard InChI is InChI=1S/C16H21N3S/c1-19(15-6-7-20-11-15)16-5-2-12(8-13(16)9-17)10-18-14-3-4-14/h2,5,8,14-15,18H,3-4,6-7,10-11H2,1H3. The monoisotopic (exact) mass is 287 g/mol. The fourth-order valence-corrected chi connectivity index (χ4v) is 3.93. The zero-order valence-corrected chi connectivity index (χ0v) is 12.7. The number of nitrogens with one attached hydrogen (secondary N) is 1. The molecule has 3 rings (SSSR count). The van der Waals surface area contributed by atoms with Gasteiger partial charge in [-0.1, -0.05) is 6.07 Å². The van der Waals surface area contributed by atoms with Gasteiger partial charge in [0.05, 0.1) is 11.3 Å². The molecule has 1 atom stereocenters. The van der Waals surface area contributed by atoms with E-state index in [4.69, 9.17) is 0 Å². The van der Waals surface area contributed by atoms with Gasteiger partial charge in [0.2, 0.25) is 0 Å². The van der Waals surface area contributed by atoms with Crippen molar-refractivity contribution in [2.75, 3.05) is 23.5 Å². The van der Waals surface area contributed by atoms with Gasteiger partial charge in [0.25, 0.3) is 0 Å². The highest BCUT2D eigenvalue weighted by molar-refractivity contribution is 7.99. The van der Waals surface area contributed by atoms with Gasteiger partial charge in [-0.05, 0) is 42.7 Å². The van der Waals surface area contributed by atoms with Crippen LogP contribution in [0.15, 0.2) is 18.2 Å². The first-order valence-electron chi connectivity index (χ1n) is 7.35. The third-order valence-corrected chi connectivity index (χ3v) is 5.33. The normalized spacial score (nSPS) is 21.7. The summed E-state index contributed by atoms with van der Waals surface area (Å²) in [6, 6.07) is 9.96. The van der Waals surface area contributed by atoms with E-state index in [0.29, 0.717) is 12.1 Å². The Kier molecular flexibility index (Phi) is 4.18. The molecule has 1 heterocycles. The molecule has 1 saturated carbocycles. The average Bonchev–Trinajstić information content (AvgIpc) is 3.15. The number of benzene rings is 1. The lowest BCUT2D eigenvalue weighted by Gasteiger charge is -2.27. The maximum absolute atomic E-state index is 9.42. The number of hydrogen-bond acceptors (Lipinski definition) is 4. The van der Waals surface area contributed by atoms with Crippen molar-refractivity contribution in [3.8, 4) is 6.07 Å². The van der Waals surface area contributed by atoms with Crippen molar-refractivity contribution in [3.05, 3.63) is 29.3 Å². The van der Waals surface area contributed by atoms with Crippen LogP contribution in [0.3, 0.4) is 0 Å². The van der Waals surface area contributed by atoms with Gasteiger partial charge in [-0.2, -0.15) is 17.0 Å². The minimum absolute atomic E-state index is 0.572. The molecule has 1 aliphatic heterocycles. The summed E-state index contributed by atoms with van der Waals surface area (Å²) in [5.74, 6) is 2.41. The molecular weight excluding hydrogens is 266 g/mol. The van der Waals surface area contributed by atoms with Crippen LogP contribution >= 0.6 is 11.8 Å². The molecule has 0 amide bonds. The molecule has 106 valence electrons. The third-order valence-electron chi connectivity index (χ3n) is 4.19. The highest BCUT2D eigenvalue weighted by Gasteiger charge is 2.23. The molecule has 1 aromatic rings. The lowest BCUT2D eigenvalue weighted by molar-refractivity contribution is 0.685. The third kappa shape index (κ3) is 3.11. The highest BCUT2D eigenvalue weighted by atomic mass is 32.2. The molecule has 1 saturated heterocycles. The lowest BCUT2D eigenvalue weighted by Crippen LogP contribution is -2.31. The zero-order valence-electron chi connectivity index (χ0n) is 11.9. The molecule has 1 unspecified atom stereocenters. The van der Waals surface area contributed by atoms with Crippen LogP contribution in [0.25, 0.3) is 0 Å². The van der Waals surface area contributed by atoms with E-state index in [1.54, 1.807) is 0 Å². The molecule has 1 N–H and O–H groups in total. The second kappa shape index (κ2) is 6.07. The molecule has 1 aromatic carbocycles. The van der Waals surface area contributed by atoms with Crippen molar-refractivity contribution >= 4 is 17.4 Å². The summed E-state index contributed by atoms with van der Waals surface area (Å²) in [6.45, 7) is 0.878. The summed E-state index contributed by atoms with van der Waals surface area (Å²) in [4.78, 5) is 2.29. The second-order valence-electron chi connectivity index (χ2n) is 5.75. The Morgan fingerprint density at radius 3 is 2.90 bits per heavy atom. The first-order chi connectivity index (χ1) is 9.78. The van der Waals surface area contributed by atoms with Gasteiger partial charge in [0, 0.05) is 31.4 Å². The topological polar surface area (TPSA) is 39.1 Å². The van der Waals surface area contributed by atoms with Gasteiger partial charge in [0.15, 0.2) is 0 Å². The van der Waals surface area contributed by atoms with Gasteiger partial charge < -0.3 is 10.2 Å². The van der Waals surface area contributed by atoms with Crippen molar-refractivity contribution in [1.82, 2.24) is 5.32 Å². The van der Waals surface area contributed by atoms with E-state index in [1.165, 1.54) is 36.3 Å². The molecule has 4 heteroatoms. The van der Waals surface area contributed by atoms with Crippen LogP contribution < -0.4 is 10.2 Å². The first-order valence-corrected chi connectivity index (χ1v) is 8.50. The van der Waals surface area contributed by atoms with E-state index in [9.17, 15) is 5.26 Å². The van der Waals surface area contributed by atoms with Crippen LogP contribution in [-0.4, -0.2) is 30.6 Å². The molecular formula is C16H21N3S. The minimum Gasteiger partial charge on any atom is -0.370 e. The Morgan fingerprint density at radius 1 is 1.40 bits per heavy atom. The number of nitrogens with zero attached hydrogens (tertiary/aromatic N) is 2. The van der Waals surface area contributed by atoms with Gasteiger partial charge in [0.1, 0.15) is 6.07 Å². The Balaban J connectivity index is 1.74. The fourth-order valence-electron chi connectivity index (χ4n) is 2.66. The maximum Gasteiger partial charge on any atom is 0.101 e. The summed E-state index contributed by atoms with van der Waals surface area (Å²) in [5, 5.41) is 12.9. The Morgan fingerprint density at radius 2 is 2.25 bits per heavy atom. The predicted molar refractivity (Wildman–Crippen MR) is 85.2 cm³/mol. The number of hydrogen-bond donors (Lipinski definition) is 1. The van der Waals surface area contributed by atoms with Crippen LogP contribution in [0.2, 0.25) is 0 Å². The number of thioether (sulfide) groups is 1. The molecule has 2 fully saturated rings. The molecule has 20 heavy (non-hydrogen) atoms. The van der Waals surface area contributed by atoms with Gasteiger partial charge in [-0.25, -0.2) is 0 Å². The zero-order chi connectivity index (χ0) is 13.9. The van der Waals surface area contributed by atoms with E-state index in [0.717, 1.165) is 17.8 Å². The summed E-state index contributed by atoms with van der Waals surface area (Å²) in [5.41, 5.74) is 3.10. The average molecular weight is 287 g/mol. The SMILES string of the molecule is CN(c1ccc(CNC2CC2)cc1C#N)C1CCSC1. The summed E-state index contributed by atoms with van der Waals surface area (Å²) >= 11 is 2.01. The lowest BCUT2D eigenvalue weighted by atomic mass is 10.1. The second-order valence-corrected chi connectivity index (χ2v) is 6.90. The van der Waals surface area contributed by atoms with Crippen molar-refractivity contribution in [3.63, 3.8) is 0 Å². The molecule has 3 nitrogen and oxygen atoms in total. The van der Waals surface area contributed by atoms with Crippen LogP contribution in [-0.2, 0) is 6.54 Å². The predicted octanol–water partition coefficient (Wildman–Crippen LogP) is 2.75.